The highest BCUT2D eigenvalue weighted by molar-refractivity contribution is 9.09. The lowest BCUT2D eigenvalue weighted by molar-refractivity contribution is -0.143. The summed E-state index contributed by atoms with van der Waals surface area (Å²) in [5, 5.41) is 28.2. The number of rotatable bonds is 23. The Morgan fingerprint density at radius 1 is 0.414 bits per heavy atom. The van der Waals surface area contributed by atoms with Gasteiger partial charge in [0.25, 0.3) is 0 Å². The van der Waals surface area contributed by atoms with E-state index in [2.05, 4.69) is 147 Å². The van der Waals surface area contributed by atoms with Crippen LogP contribution in [0.25, 0.3) is 33.5 Å². The Morgan fingerprint density at radius 3 is 1.07 bits per heavy atom. The molecule has 27 nitrogen and oxygen atoms in total. The molecule has 6 fully saturated rings. The molecule has 754 valence electrons. The summed E-state index contributed by atoms with van der Waals surface area (Å²) in [4.78, 5) is 48.2. The summed E-state index contributed by atoms with van der Waals surface area (Å²) in [5.41, 5.74) is 12.8. The van der Waals surface area contributed by atoms with Crippen molar-refractivity contribution >= 4 is 166 Å². The van der Waals surface area contributed by atoms with E-state index in [0.717, 1.165) is 77.0 Å². The highest BCUT2D eigenvalue weighted by atomic mass is 79.9. The molecule has 0 saturated carbocycles. The van der Waals surface area contributed by atoms with Crippen LogP contribution in [0.5, 0.6) is 17.4 Å². The van der Waals surface area contributed by atoms with Gasteiger partial charge >= 0.3 is 5.97 Å². The number of benzene rings is 6. The average Bonchev–Trinajstić information content (AvgIpc) is 1.74. The number of nitrogens with two attached hydrogens (primary N) is 1. The average molecular weight is 2140 g/mol. The van der Waals surface area contributed by atoms with Gasteiger partial charge < -0.3 is 69.2 Å². The van der Waals surface area contributed by atoms with E-state index < -0.39 is 66.4 Å². The van der Waals surface area contributed by atoms with E-state index in [1.54, 1.807) is 56.2 Å². The number of esters is 1. The number of aliphatic hydroxyl groups is 2. The largest absolute Gasteiger partial charge is 0.497 e. The minimum absolute atomic E-state index is 0.00313. The number of carbonyl (C=O) groups is 1. The number of anilines is 3. The molecule has 0 amide bonds. The van der Waals surface area contributed by atoms with Crippen LogP contribution in [0.15, 0.2) is 189 Å². The number of hydrogen-bond acceptors (Lipinski definition) is 24. The van der Waals surface area contributed by atoms with Crippen molar-refractivity contribution in [3.63, 3.8) is 0 Å². The molecule has 0 spiro atoms. The Morgan fingerprint density at radius 2 is 0.750 bits per heavy atom. The number of halogens is 9. The van der Waals surface area contributed by atoms with E-state index in [1.807, 2.05) is 195 Å². The molecule has 6 N–H and O–H groups in total. The molecule has 0 aliphatic carbocycles. The van der Waals surface area contributed by atoms with Gasteiger partial charge in [0.1, 0.15) is 60.6 Å². The van der Waals surface area contributed by atoms with Crippen molar-refractivity contribution in [3.8, 4) is 17.4 Å². The predicted molar refractivity (Wildman–Crippen MR) is 560 cm³/mol. The van der Waals surface area contributed by atoms with E-state index in [0.29, 0.717) is 76.3 Å². The molecule has 6 aliphatic rings. The minimum atomic E-state index is -1.11. The van der Waals surface area contributed by atoms with Crippen LogP contribution in [0, 0.1) is 29.6 Å². The molecule has 0 radical (unpaired) electrons. The smallest absolute Gasteiger partial charge is 0.327 e. The summed E-state index contributed by atoms with van der Waals surface area (Å²) in [6, 6.07) is 56.7. The van der Waals surface area contributed by atoms with Crippen LogP contribution < -0.4 is 30.6 Å². The summed E-state index contributed by atoms with van der Waals surface area (Å²) in [6.07, 6.45) is 6.90. The number of carbonyl (C=O) groups excluding carboxylic acids is 1. The van der Waals surface area contributed by atoms with Crippen LogP contribution in [-0.2, 0) is 44.3 Å². The third-order valence-electron chi connectivity index (χ3n) is 28.8. The number of alkyl halides is 7. The number of nitrogens with zero attached hydrogens (tertiary/aromatic N) is 12. The zero-order chi connectivity index (χ0) is 102. The fourth-order valence-corrected chi connectivity index (χ4v) is 21.7. The third-order valence-corrected chi connectivity index (χ3v) is 33.8. The molecule has 23 atom stereocenters. The lowest BCUT2D eigenvalue weighted by Gasteiger charge is -2.37. The Balaban J connectivity index is 0.000000156. The number of aliphatic hydroxyl groups excluding tert-OH is 2. The van der Waals surface area contributed by atoms with Crippen LogP contribution in [0.3, 0.4) is 0 Å². The van der Waals surface area contributed by atoms with E-state index in [4.69, 9.17) is 156 Å². The van der Waals surface area contributed by atoms with Crippen molar-refractivity contribution in [2.45, 2.75) is 276 Å². The first kappa shape index (κ1) is 109. The maximum atomic E-state index is 11.1. The Bertz CT molecular complexity index is 6010. The van der Waals surface area contributed by atoms with E-state index in [-0.39, 0.29) is 86.4 Å². The summed E-state index contributed by atoms with van der Waals surface area (Å²) in [6.45, 7) is 36.2. The number of fused-ring (bicyclic) bond motifs is 3. The molecule has 6 aromatic heterocycles. The predicted octanol–water partition coefficient (Wildman–Crippen LogP) is 24.0. The van der Waals surface area contributed by atoms with Gasteiger partial charge in [-0.2, -0.15) is 29.9 Å². The molecule has 12 heterocycles. The number of methoxy groups -OCH3 is 2. The Labute approximate surface area is 868 Å². The molecule has 12 aromatic rings. The van der Waals surface area contributed by atoms with Crippen LogP contribution in [-0.4, -0.2) is 179 Å². The molecular formula is C104H128BrCl8N15O12. The van der Waals surface area contributed by atoms with Crippen LogP contribution in [0.4, 0.5) is 17.8 Å². The first-order valence-corrected chi connectivity index (χ1v) is 51.5. The van der Waals surface area contributed by atoms with Crippen LogP contribution >= 0.6 is 109 Å². The fraction of sp³-hybridized carbons (Fsp3) is 0.500. The van der Waals surface area contributed by atoms with Gasteiger partial charge in [0, 0.05) is 29.6 Å². The molecule has 1 unspecified atom stereocenters. The summed E-state index contributed by atoms with van der Waals surface area (Å²) in [5.74, 6) is 3.37. The van der Waals surface area contributed by atoms with Crippen LogP contribution in [0.1, 0.15) is 215 Å². The SMILES string of the molecule is CCOc1nc(NC(c2ccccc2)(c2ccccc2)c2ccc(OC)cc2)nc2c1ncn2[C@@H]1O[C@H](CC)[C@@H](O)[C@@]1(C)Cl.CC[C@H]1OC(=O)[C@](C)(Cl)[C@@H]1C.CC[C@H]1OC(O)[C@](C)(Cl)[C@@H]1C.CC[C@H]1O[C@@H](n2cnc3c(Cl)nc(N)nc32)[C@](C)(Cl)[C@@H]1C.CC[C@H]1O[C@@H](n2cnc3c(Cl)nc(NC(c4ccccc4)(c4ccccc4)c4ccc(OC)cc4)nc32)[C@](C)(Cl)[C@@H]1C.CC[C@H]1O[C@H](Br)[C@](C)(Cl)[C@@H]1C. The number of ether oxygens (including phenoxy) is 9. The summed E-state index contributed by atoms with van der Waals surface area (Å²) < 4.78 is 57.2. The standard InChI is InChI=1S/C34H36ClN5O4.C33H33Cl2N5O2.C13H17Cl2N5O.C8H14BrClO.C8H15ClO2.C8H13ClO2/c1-5-26-28(41)33(3,35)31(44-26)40-21-36-27-29(40)37-32(38-30(27)43-6-2)39-34(22-13-9-7-10-14-22,23-15-11-8-12-16-23)24-17-19-25(42-4)20-18-24;1-5-26-21(2)32(3,35)30(42-26)40-20-36-27-28(34)37-31(38-29(27)40)39-33(22-12-8-6-9-13-22,23-14-10-7-11-15-23)24-16-18-25(41-4)19-17-24;1-4-7-6(2)13(3,15)11(21-7)20-5-17-8-9(14)18-12(16)19-10(8)20;1-4-6-5(2)8(3,10)7(9)11-6;2*1-4-6-5(2)8(3,9)7(10)11-6/h7-21,26,28,31,41H,5-6H2,1-4H3,(H,37,38,39);6-21,26,30H,5H2,1-4H3,(H,37,38,39);5-7,11H,4H2,1-3H3,(H2,16,18,19);5-7H,4H2,1-3H3;5-7,10H,4H2,1-3H3;5-6H,4H2,1-3H3/t26-,28-,31-,33-;21-,26-,30-,32-;6-,7-,11-,13-;5-,6-,7+,8-;5-,6-,7?,8-;5-,6-,8-/m111111/s1. The van der Waals surface area contributed by atoms with Gasteiger partial charge in [0.05, 0.1) is 89.8 Å². The highest BCUT2D eigenvalue weighted by Gasteiger charge is 2.57. The van der Waals surface area contributed by atoms with E-state index in [9.17, 15) is 15.0 Å². The van der Waals surface area contributed by atoms with Crippen molar-refractivity contribution < 1.29 is 57.6 Å². The first-order valence-electron chi connectivity index (χ1n) is 47.6. The van der Waals surface area contributed by atoms with Crippen molar-refractivity contribution in [2.24, 2.45) is 29.6 Å². The van der Waals surface area contributed by atoms with Gasteiger partial charge in [-0.3, -0.25) is 18.5 Å². The molecule has 6 aliphatic heterocycles. The van der Waals surface area contributed by atoms with Gasteiger partial charge in [-0.25, -0.2) is 15.0 Å². The first-order chi connectivity index (χ1) is 66.5. The van der Waals surface area contributed by atoms with Crippen molar-refractivity contribution in [1.82, 2.24) is 58.6 Å². The number of cyclic esters (lactones) is 1. The highest BCUT2D eigenvalue weighted by Crippen LogP contribution is 2.54. The molecule has 140 heavy (non-hydrogen) atoms. The fourth-order valence-electron chi connectivity index (χ4n) is 19.1. The van der Waals surface area contributed by atoms with Crippen molar-refractivity contribution in [1.29, 1.82) is 0 Å². The molecule has 6 saturated heterocycles. The lowest BCUT2D eigenvalue weighted by atomic mass is 9.77. The molecule has 0 bridgehead atoms. The summed E-state index contributed by atoms with van der Waals surface area (Å²) >= 11 is 55.4. The Kier molecular flexibility index (Phi) is 35.2. The second-order valence-corrected chi connectivity index (χ2v) is 43.8. The Hall–Kier alpha value is -8.24. The van der Waals surface area contributed by atoms with Gasteiger partial charge in [0.15, 0.2) is 57.7 Å². The van der Waals surface area contributed by atoms with Crippen molar-refractivity contribution in [3.05, 3.63) is 233 Å². The normalized spacial score (nSPS) is 30.1. The molecule has 18 rings (SSSR count). The third kappa shape index (κ3) is 21.6. The van der Waals surface area contributed by atoms with E-state index >= 15 is 0 Å². The lowest BCUT2D eigenvalue weighted by Crippen LogP contribution is -2.39. The minimum Gasteiger partial charge on any atom is -0.497 e. The van der Waals surface area contributed by atoms with Crippen LogP contribution in [0.2, 0.25) is 10.3 Å². The zero-order valence-corrected chi connectivity index (χ0v) is 90.1. The number of nitrogens with one attached hydrogen (secondary N) is 2. The summed E-state index contributed by atoms with van der Waals surface area (Å²) in [7, 11) is 3.31. The van der Waals surface area contributed by atoms with Gasteiger partial charge in [-0.15, -0.1) is 69.6 Å². The maximum absolute atomic E-state index is 11.1. The number of nitrogen functional groups attached to an aromatic ring is 1. The second-order valence-electron chi connectivity index (χ2n) is 37.4. The van der Waals surface area contributed by atoms with Crippen molar-refractivity contribution in [2.75, 3.05) is 37.2 Å². The number of imidazole rings is 3. The molecule has 36 heteroatoms. The topological polar surface area (TPSA) is 321 Å². The molecular weight excluding hydrogens is 2010 g/mol. The van der Waals surface area contributed by atoms with E-state index in [1.165, 1.54) is 0 Å². The maximum Gasteiger partial charge on any atom is 0.327 e. The molecule has 6 aromatic carbocycles. The van der Waals surface area contributed by atoms with Gasteiger partial charge in [-0.05, 0) is 145 Å². The van der Waals surface area contributed by atoms with Gasteiger partial charge in [0.2, 0.25) is 23.7 Å². The number of hydrogen-bond donors (Lipinski definition) is 5. The quantitative estimate of drug-likeness (QED) is 0.0172. The second kappa shape index (κ2) is 45.2. The number of aromatic nitrogens is 12. The monoisotopic (exact) mass is 2140 g/mol. The van der Waals surface area contributed by atoms with Gasteiger partial charge in [-0.1, -0.05) is 261 Å². The zero-order valence-electron chi connectivity index (χ0n) is 82.5.